The van der Waals surface area contributed by atoms with Crippen LogP contribution in [-0.4, -0.2) is 11.5 Å². The van der Waals surface area contributed by atoms with Crippen molar-refractivity contribution >= 4 is 21.7 Å². The van der Waals surface area contributed by atoms with Crippen LogP contribution in [0.4, 0.5) is 0 Å². The monoisotopic (exact) mass is 368 g/mol. The van der Waals surface area contributed by atoms with Crippen molar-refractivity contribution in [1.82, 2.24) is 10.3 Å². The van der Waals surface area contributed by atoms with Gasteiger partial charge in [0.15, 0.2) is 0 Å². The Balaban J connectivity index is 1.57. The van der Waals surface area contributed by atoms with E-state index in [-0.39, 0.29) is 5.41 Å². The van der Waals surface area contributed by atoms with Gasteiger partial charge in [0.05, 0.1) is 6.04 Å². The number of benzene rings is 3. The summed E-state index contributed by atoms with van der Waals surface area (Å²) < 4.78 is 0. The highest BCUT2D eigenvalue weighted by molar-refractivity contribution is 5.87. The molecule has 1 aliphatic rings. The van der Waals surface area contributed by atoms with Gasteiger partial charge in [-0.05, 0) is 64.4 Å². The topological polar surface area (TPSA) is 27.8 Å². The predicted octanol–water partition coefficient (Wildman–Crippen LogP) is 6.05. The minimum Gasteiger partial charge on any atom is -0.357 e. The van der Waals surface area contributed by atoms with Crippen molar-refractivity contribution in [2.45, 2.75) is 45.1 Å². The van der Waals surface area contributed by atoms with E-state index in [1.165, 1.54) is 44.1 Å². The zero-order valence-corrected chi connectivity index (χ0v) is 17.0. The Kier molecular flexibility index (Phi) is 4.06. The molecule has 0 bridgehead atoms. The molecule has 0 saturated carbocycles. The number of H-pyrrole nitrogens is 1. The molecule has 2 heterocycles. The molecule has 4 aromatic rings. The van der Waals surface area contributed by atoms with Crippen LogP contribution in [0, 0.1) is 0 Å². The lowest BCUT2D eigenvalue weighted by molar-refractivity contribution is 0.496. The maximum absolute atomic E-state index is 3.76. The zero-order chi connectivity index (χ0) is 19.3. The van der Waals surface area contributed by atoms with Gasteiger partial charge in [-0.1, -0.05) is 69.3 Å². The van der Waals surface area contributed by atoms with E-state index in [0.29, 0.717) is 6.04 Å². The molecule has 0 radical (unpaired) electrons. The summed E-state index contributed by atoms with van der Waals surface area (Å²) in [6.07, 6.45) is 2.10. The second kappa shape index (κ2) is 6.49. The van der Waals surface area contributed by atoms with E-state index < -0.39 is 0 Å². The summed E-state index contributed by atoms with van der Waals surface area (Å²) in [4.78, 5) is 3.75. The fraction of sp³-hybridized carbons (Fsp3) is 0.308. The standard InChI is InChI=1S/C26H28N2/c1-26(2,3)19-11-12-23-22(16-19)21-13-14-27-24(25(21)28-23)15-18-9-6-8-17-7-4-5-10-20(17)18/h4-12,16,24,27-28H,13-15H2,1-3H3. The van der Waals surface area contributed by atoms with Gasteiger partial charge in [-0.2, -0.15) is 0 Å². The lowest BCUT2D eigenvalue weighted by atomic mass is 9.85. The SMILES string of the molecule is CC(C)(C)c1ccc2[nH]c3c(c2c1)CCNC3Cc1cccc2ccccc12. The van der Waals surface area contributed by atoms with Crippen molar-refractivity contribution in [3.8, 4) is 0 Å². The van der Waals surface area contributed by atoms with Crippen molar-refractivity contribution in [3.63, 3.8) is 0 Å². The summed E-state index contributed by atoms with van der Waals surface area (Å²) in [5, 5.41) is 7.86. The van der Waals surface area contributed by atoms with Crippen LogP contribution in [0.1, 0.15) is 49.2 Å². The second-order valence-electron chi connectivity index (χ2n) is 9.13. The maximum Gasteiger partial charge on any atom is 0.0517 e. The van der Waals surface area contributed by atoms with Crippen molar-refractivity contribution in [1.29, 1.82) is 0 Å². The molecule has 0 aliphatic carbocycles. The van der Waals surface area contributed by atoms with Crippen LogP contribution in [0.15, 0.2) is 60.7 Å². The van der Waals surface area contributed by atoms with Gasteiger partial charge in [-0.15, -0.1) is 0 Å². The minimum atomic E-state index is 0.174. The number of aromatic amines is 1. The van der Waals surface area contributed by atoms with Crippen LogP contribution in [0.2, 0.25) is 0 Å². The third kappa shape index (κ3) is 2.93. The quantitative estimate of drug-likeness (QED) is 0.443. The van der Waals surface area contributed by atoms with E-state index in [1.54, 1.807) is 0 Å². The molecule has 1 aliphatic heterocycles. The highest BCUT2D eigenvalue weighted by atomic mass is 15.0. The molecule has 3 aromatic carbocycles. The summed E-state index contributed by atoms with van der Waals surface area (Å²) in [6, 6.07) is 22.7. The Morgan fingerprint density at radius 2 is 1.75 bits per heavy atom. The fourth-order valence-corrected chi connectivity index (χ4v) is 4.64. The van der Waals surface area contributed by atoms with E-state index in [4.69, 9.17) is 0 Å². The van der Waals surface area contributed by atoms with E-state index in [1.807, 2.05) is 0 Å². The Hall–Kier alpha value is -2.58. The van der Waals surface area contributed by atoms with Crippen molar-refractivity contribution < 1.29 is 0 Å². The van der Waals surface area contributed by atoms with Crippen molar-refractivity contribution in [2.75, 3.05) is 6.54 Å². The third-order valence-corrected chi connectivity index (χ3v) is 6.22. The van der Waals surface area contributed by atoms with Crippen LogP contribution in [0.5, 0.6) is 0 Å². The van der Waals surface area contributed by atoms with Gasteiger partial charge in [0, 0.05) is 16.6 Å². The average Bonchev–Trinajstić information content (AvgIpc) is 3.07. The van der Waals surface area contributed by atoms with E-state index in [2.05, 4.69) is 91.7 Å². The summed E-state index contributed by atoms with van der Waals surface area (Å²) >= 11 is 0. The number of rotatable bonds is 2. The molecule has 2 nitrogen and oxygen atoms in total. The molecule has 2 N–H and O–H groups in total. The molecule has 0 amide bonds. The Morgan fingerprint density at radius 3 is 2.61 bits per heavy atom. The van der Waals surface area contributed by atoms with Gasteiger partial charge in [-0.3, -0.25) is 0 Å². The zero-order valence-electron chi connectivity index (χ0n) is 17.0. The van der Waals surface area contributed by atoms with Gasteiger partial charge in [0.1, 0.15) is 0 Å². The van der Waals surface area contributed by atoms with Crippen molar-refractivity contribution in [3.05, 3.63) is 83.0 Å². The molecule has 1 aromatic heterocycles. The van der Waals surface area contributed by atoms with Crippen LogP contribution in [-0.2, 0) is 18.3 Å². The van der Waals surface area contributed by atoms with Gasteiger partial charge in [0.2, 0.25) is 0 Å². The molecular weight excluding hydrogens is 340 g/mol. The number of fused-ring (bicyclic) bond motifs is 4. The third-order valence-electron chi connectivity index (χ3n) is 6.22. The number of nitrogens with one attached hydrogen (secondary N) is 2. The fourth-order valence-electron chi connectivity index (χ4n) is 4.64. The first kappa shape index (κ1) is 17.5. The predicted molar refractivity (Wildman–Crippen MR) is 119 cm³/mol. The largest absolute Gasteiger partial charge is 0.357 e. The number of hydrogen-bond acceptors (Lipinski definition) is 1. The van der Waals surface area contributed by atoms with E-state index in [9.17, 15) is 0 Å². The normalized spacial score (nSPS) is 17.2. The van der Waals surface area contributed by atoms with E-state index in [0.717, 1.165) is 19.4 Å². The molecule has 0 spiro atoms. The summed E-state index contributed by atoms with van der Waals surface area (Å²) in [6.45, 7) is 7.91. The lowest BCUT2D eigenvalue weighted by Gasteiger charge is -2.25. The molecule has 5 rings (SSSR count). The first-order valence-electron chi connectivity index (χ1n) is 10.4. The highest BCUT2D eigenvalue weighted by Crippen LogP contribution is 2.35. The van der Waals surface area contributed by atoms with Gasteiger partial charge < -0.3 is 10.3 Å². The smallest absolute Gasteiger partial charge is 0.0517 e. The molecule has 1 unspecified atom stereocenters. The molecule has 0 saturated heterocycles. The van der Waals surface area contributed by atoms with Crippen LogP contribution >= 0.6 is 0 Å². The van der Waals surface area contributed by atoms with Crippen LogP contribution in [0.25, 0.3) is 21.7 Å². The molecule has 2 heteroatoms. The maximum atomic E-state index is 3.76. The van der Waals surface area contributed by atoms with Crippen LogP contribution < -0.4 is 5.32 Å². The van der Waals surface area contributed by atoms with Crippen LogP contribution in [0.3, 0.4) is 0 Å². The van der Waals surface area contributed by atoms with Crippen molar-refractivity contribution in [2.24, 2.45) is 0 Å². The summed E-state index contributed by atoms with van der Waals surface area (Å²) in [7, 11) is 0. The van der Waals surface area contributed by atoms with Gasteiger partial charge in [0.25, 0.3) is 0 Å². The lowest BCUT2D eigenvalue weighted by Crippen LogP contribution is -2.31. The molecule has 0 fully saturated rings. The number of hydrogen-bond donors (Lipinski definition) is 2. The summed E-state index contributed by atoms with van der Waals surface area (Å²) in [5.74, 6) is 0. The minimum absolute atomic E-state index is 0.174. The number of aromatic nitrogens is 1. The molecule has 1 atom stereocenters. The molecular formula is C26H28N2. The van der Waals surface area contributed by atoms with Gasteiger partial charge >= 0.3 is 0 Å². The average molecular weight is 369 g/mol. The first-order valence-corrected chi connectivity index (χ1v) is 10.4. The Bertz CT molecular complexity index is 1150. The van der Waals surface area contributed by atoms with E-state index >= 15 is 0 Å². The molecule has 28 heavy (non-hydrogen) atoms. The summed E-state index contributed by atoms with van der Waals surface area (Å²) in [5.41, 5.74) is 7.14. The molecule has 142 valence electrons. The Morgan fingerprint density at radius 1 is 0.929 bits per heavy atom. The highest BCUT2D eigenvalue weighted by Gasteiger charge is 2.25. The van der Waals surface area contributed by atoms with Gasteiger partial charge in [-0.25, -0.2) is 0 Å². The Labute approximate surface area is 167 Å². The second-order valence-corrected chi connectivity index (χ2v) is 9.13. The first-order chi connectivity index (χ1) is 13.5.